The number of rotatable bonds is 4. The molecule has 8 nitrogen and oxygen atoms in total. The van der Waals surface area contributed by atoms with Crippen LogP contribution in [0.4, 0.5) is 0 Å². The number of nitrogens with zero attached hydrogens (tertiary/aromatic N) is 5. The third kappa shape index (κ3) is 2.59. The predicted octanol–water partition coefficient (Wildman–Crippen LogP) is 1.30. The molecule has 0 aliphatic carbocycles. The summed E-state index contributed by atoms with van der Waals surface area (Å²) in [5.41, 5.74) is 0.970. The highest BCUT2D eigenvalue weighted by atomic mass is 79.9. The third-order valence-electron chi connectivity index (χ3n) is 2.79. The minimum absolute atomic E-state index is 0.156. The summed E-state index contributed by atoms with van der Waals surface area (Å²) in [6, 6.07) is 5.41. The van der Waals surface area contributed by atoms with Crippen molar-refractivity contribution in [1.29, 1.82) is 0 Å². The van der Waals surface area contributed by atoms with Crippen LogP contribution < -0.4 is 10.4 Å². The molecule has 21 heavy (non-hydrogen) atoms. The molecule has 2 heterocycles. The molecule has 108 valence electrons. The van der Waals surface area contributed by atoms with E-state index in [0.717, 1.165) is 14.7 Å². The van der Waals surface area contributed by atoms with Crippen LogP contribution in [0.25, 0.3) is 5.69 Å². The molecular weight excluding hydrogens is 342 g/mol. The number of hydrogen-bond acceptors (Lipinski definition) is 6. The minimum Gasteiger partial charge on any atom is -0.445 e. The maximum Gasteiger partial charge on any atom is 0.393 e. The van der Waals surface area contributed by atoms with Gasteiger partial charge in [-0.2, -0.15) is 14.3 Å². The number of oxazole rings is 1. The van der Waals surface area contributed by atoms with E-state index >= 15 is 0 Å². The number of aryl methyl sites for hydroxylation is 1. The maximum absolute atomic E-state index is 12.0. The molecule has 0 bridgehead atoms. The first-order valence-corrected chi connectivity index (χ1v) is 6.75. The van der Waals surface area contributed by atoms with Gasteiger partial charge in [0.25, 0.3) is 0 Å². The highest BCUT2D eigenvalue weighted by molar-refractivity contribution is 9.10. The molecule has 1 aromatic carbocycles. The van der Waals surface area contributed by atoms with Gasteiger partial charge in [0, 0.05) is 17.1 Å². The maximum atomic E-state index is 12.0. The van der Waals surface area contributed by atoms with E-state index in [1.807, 2.05) is 6.07 Å². The van der Waals surface area contributed by atoms with Crippen molar-refractivity contribution < 1.29 is 9.15 Å². The van der Waals surface area contributed by atoms with Gasteiger partial charge in [-0.3, -0.25) is 0 Å². The molecule has 0 radical (unpaired) electrons. The molecule has 0 unspecified atom stereocenters. The zero-order chi connectivity index (χ0) is 14.8. The number of hydrogen-bond donors (Lipinski definition) is 0. The van der Waals surface area contributed by atoms with Gasteiger partial charge in [-0.05, 0) is 22.6 Å². The first-order chi connectivity index (χ1) is 10.2. The van der Waals surface area contributed by atoms with E-state index in [1.54, 1.807) is 12.1 Å². The summed E-state index contributed by atoms with van der Waals surface area (Å²) in [6.07, 6.45) is 3.07. The monoisotopic (exact) mass is 351 g/mol. The molecule has 0 saturated heterocycles. The van der Waals surface area contributed by atoms with E-state index in [4.69, 9.17) is 9.15 Å². The molecule has 0 saturated carbocycles. The molecule has 0 aliphatic heterocycles. The van der Waals surface area contributed by atoms with Crippen LogP contribution in [0.15, 0.2) is 44.3 Å². The van der Waals surface area contributed by atoms with E-state index in [-0.39, 0.29) is 18.4 Å². The largest absolute Gasteiger partial charge is 0.445 e. The molecule has 0 N–H and O–H groups in total. The Morgan fingerprint density at radius 3 is 2.90 bits per heavy atom. The molecular formula is C12H10BrN5O3. The summed E-state index contributed by atoms with van der Waals surface area (Å²) in [4.78, 5) is 15.9. The molecule has 9 heteroatoms. The Labute approximate surface area is 127 Å². The topological polar surface area (TPSA) is 88.0 Å². The second-order valence-corrected chi connectivity index (χ2v) is 4.98. The molecule has 2 aromatic heterocycles. The Kier molecular flexibility index (Phi) is 3.57. The van der Waals surface area contributed by atoms with Crippen molar-refractivity contribution in [2.45, 2.75) is 6.61 Å². The minimum atomic E-state index is -0.342. The Hall–Kier alpha value is -2.42. The van der Waals surface area contributed by atoms with Crippen LogP contribution in [-0.4, -0.2) is 24.8 Å². The molecule has 3 aromatic rings. The Morgan fingerprint density at radius 2 is 2.24 bits per heavy atom. The summed E-state index contributed by atoms with van der Waals surface area (Å²) in [6.45, 7) is 0.167. The van der Waals surface area contributed by atoms with Crippen molar-refractivity contribution in [3.05, 3.63) is 51.2 Å². The van der Waals surface area contributed by atoms with Crippen LogP contribution in [0.2, 0.25) is 0 Å². The van der Waals surface area contributed by atoms with Gasteiger partial charge in [0.15, 0.2) is 0 Å². The number of ether oxygens (including phenoxy) is 1. The predicted molar refractivity (Wildman–Crippen MR) is 75.1 cm³/mol. The summed E-state index contributed by atoms with van der Waals surface area (Å²) in [7, 11) is 1.53. The van der Waals surface area contributed by atoms with E-state index in [9.17, 15) is 4.79 Å². The summed E-state index contributed by atoms with van der Waals surface area (Å²) in [5.74, 6) is 0. The lowest BCUT2D eigenvalue weighted by molar-refractivity contribution is 0.219. The summed E-state index contributed by atoms with van der Waals surface area (Å²) in [5, 5.41) is 7.54. The highest BCUT2D eigenvalue weighted by Gasteiger charge is 2.14. The fraction of sp³-hybridized carbons (Fsp3) is 0.167. The number of aromatic nitrogens is 5. The van der Waals surface area contributed by atoms with Gasteiger partial charge in [-0.15, -0.1) is 0 Å². The number of benzene rings is 1. The van der Waals surface area contributed by atoms with Crippen molar-refractivity contribution in [1.82, 2.24) is 24.8 Å². The third-order valence-corrected chi connectivity index (χ3v) is 3.54. The van der Waals surface area contributed by atoms with Crippen LogP contribution in [0, 0.1) is 0 Å². The zero-order valence-electron chi connectivity index (χ0n) is 10.9. The molecule has 3 rings (SSSR count). The van der Waals surface area contributed by atoms with Gasteiger partial charge in [-0.25, -0.2) is 4.79 Å². The second-order valence-electron chi connectivity index (χ2n) is 4.12. The van der Waals surface area contributed by atoms with Crippen molar-refractivity contribution in [3.63, 3.8) is 0 Å². The highest BCUT2D eigenvalue weighted by Crippen LogP contribution is 2.24. The molecule has 0 spiro atoms. The number of halogens is 1. The second kappa shape index (κ2) is 5.52. The normalized spacial score (nSPS) is 10.8. The van der Waals surface area contributed by atoms with E-state index in [0.29, 0.717) is 5.69 Å². The van der Waals surface area contributed by atoms with Gasteiger partial charge in [0.05, 0.1) is 11.9 Å². The van der Waals surface area contributed by atoms with Gasteiger partial charge in [-0.1, -0.05) is 22.0 Å². The fourth-order valence-electron chi connectivity index (χ4n) is 1.77. The smallest absolute Gasteiger partial charge is 0.393 e. The Bertz CT molecular complexity index is 809. The van der Waals surface area contributed by atoms with Crippen molar-refractivity contribution in [3.8, 4) is 11.8 Å². The average molecular weight is 352 g/mol. The van der Waals surface area contributed by atoms with Crippen LogP contribution >= 0.6 is 15.9 Å². The van der Waals surface area contributed by atoms with E-state index in [1.165, 1.54) is 24.2 Å². The number of tetrazole rings is 1. The Balaban J connectivity index is 1.99. The van der Waals surface area contributed by atoms with Crippen molar-refractivity contribution in [2.24, 2.45) is 7.05 Å². The first kappa shape index (κ1) is 13.6. The van der Waals surface area contributed by atoms with E-state index in [2.05, 4.69) is 31.3 Å². The molecule has 0 amide bonds. The SMILES string of the molecule is Cn1nnn(-c2cccc(Br)c2COc2ncco2)c1=O. The van der Waals surface area contributed by atoms with Crippen molar-refractivity contribution in [2.75, 3.05) is 0 Å². The molecule has 0 fully saturated rings. The lowest BCUT2D eigenvalue weighted by Gasteiger charge is -2.10. The first-order valence-electron chi connectivity index (χ1n) is 5.96. The van der Waals surface area contributed by atoms with Crippen LogP contribution in [0.5, 0.6) is 6.08 Å². The quantitative estimate of drug-likeness (QED) is 0.703. The average Bonchev–Trinajstić information content (AvgIpc) is 3.09. The molecule has 0 aliphatic rings. The standard InChI is InChI=1S/C12H10BrN5O3/c1-17-12(19)18(16-15-17)10-4-2-3-9(13)8(10)7-21-11-14-5-6-20-11/h2-6H,7H2,1H3. The zero-order valence-corrected chi connectivity index (χ0v) is 12.5. The van der Waals surface area contributed by atoms with Gasteiger partial charge < -0.3 is 9.15 Å². The summed E-state index contributed by atoms with van der Waals surface area (Å²) >= 11 is 3.44. The van der Waals surface area contributed by atoms with Crippen LogP contribution in [-0.2, 0) is 13.7 Å². The van der Waals surface area contributed by atoms with Gasteiger partial charge >= 0.3 is 11.8 Å². The fourth-order valence-corrected chi connectivity index (χ4v) is 2.24. The summed E-state index contributed by atoms with van der Waals surface area (Å²) < 4.78 is 13.6. The molecule has 0 atom stereocenters. The Morgan fingerprint density at radius 1 is 1.38 bits per heavy atom. The van der Waals surface area contributed by atoms with E-state index < -0.39 is 0 Å². The van der Waals surface area contributed by atoms with Crippen LogP contribution in [0.1, 0.15) is 5.56 Å². The van der Waals surface area contributed by atoms with Gasteiger partial charge in [0.2, 0.25) is 0 Å². The van der Waals surface area contributed by atoms with Crippen molar-refractivity contribution >= 4 is 15.9 Å². The van der Waals surface area contributed by atoms with Crippen LogP contribution in [0.3, 0.4) is 0 Å². The van der Waals surface area contributed by atoms with Gasteiger partial charge in [0.1, 0.15) is 12.9 Å². The lowest BCUT2D eigenvalue weighted by Crippen LogP contribution is -2.23. The lowest BCUT2D eigenvalue weighted by atomic mass is 10.2.